The SMILES string of the molecule is CCCCN(CCCC)C1C(=O)C(=[N+](CCCC)CCCC)C1O. The number of hydrogen-bond donors (Lipinski definition) is 1. The van der Waals surface area contributed by atoms with Crippen molar-refractivity contribution in [3.63, 3.8) is 0 Å². The second-order valence-electron chi connectivity index (χ2n) is 7.08. The number of carbonyl (C=O) groups is 1. The fourth-order valence-electron chi connectivity index (χ4n) is 3.37. The van der Waals surface area contributed by atoms with E-state index in [2.05, 4.69) is 37.2 Å². The molecule has 4 nitrogen and oxygen atoms in total. The lowest BCUT2D eigenvalue weighted by atomic mass is 9.82. The second kappa shape index (κ2) is 11.8. The quantitative estimate of drug-likeness (QED) is 0.524. The molecule has 1 N–H and O–H groups in total. The maximum absolute atomic E-state index is 12.8. The molecular weight excluding hydrogens is 300 g/mol. The molecule has 4 heteroatoms. The van der Waals surface area contributed by atoms with Gasteiger partial charge in [0, 0.05) is 12.8 Å². The smallest absolute Gasteiger partial charge is 0.252 e. The highest BCUT2D eigenvalue weighted by Gasteiger charge is 2.54. The average molecular weight is 340 g/mol. The van der Waals surface area contributed by atoms with E-state index in [4.69, 9.17) is 0 Å². The summed E-state index contributed by atoms with van der Waals surface area (Å²) in [5, 5.41) is 10.7. The van der Waals surface area contributed by atoms with Crippen LogP contribution in [0.3, 0.4) is 0 Å². The van der Waals surface area contributed by atoms with E-state index in [1.807, 2.05) is 0 Å². The zero-order valence-corrected chi connectivity index (χ0v) is 16.4. The van der Waals surface area contributed by atoms with Gasteiger partial charge in [0.1, 0.15) is 19.1 Å². The minimum atomic E-state index is -0.597. The summed E-state index contributed by atoms with van der Waals surface area (Å²) in [6.45, 7) is 12.3. The first-order valence-electron chi connectivity index (χ1n) is 10.2. The minimum Gasteiger partial charge on any atom is -0.380 e. The van der Waals surface area contributed by atoms with Crippen molar-refractivity contribution in [2.45, 2.75) is 91.2 Å². The van der Waals surface area contributed by atoms with Crippen LogP contribution >= 0.6 is 0 Å². The third-order valence-electron chi connectivity index (χ3n) is 5.00. The van der Waals surface area contributed by atoms with Crippen molar-refractivity contribution in [3.8, 4) is 0 Å². The molecule has 24 heavy (non-hydrogen) atoms. The summed E-state index contributed by atoms with van der Waals surface area (Å²) in [5.41, 5.74) is 0.680. The highest BCUT2D eigenvalue weighted by atomic mass is 16.3. The number of nitrogens with zero attached hydrogens (tertiary/aromatic N) is 2. The number of Topliss-reactive ketones (excluding diaryl/α,β-unsaturated/α-hetero) is 1. The molecule has 2 unspecified atom stereocenters. The first-order valence-corrected chi connectivity index (χ1v) is 10.2. The lowest BCUT2D eigenvalue weighted by molar-refractivity contribution is -0.532. The fraction of sp³-hybridized carbons (Fsp3) is 0.900. The Morgan fingerprint density at radius 1 is 0.875 bits per heavy atom. The van der Waals surface area contributed by atoms with Crippen LogP contribution in [0.2, 0.25) is 0 Å². The molecule has 0 aromatic heterocycles. The molecule has 2 atom stereocenters. The van der Waals surface area contributed by atoms with Crippen LogP contribution in [0.4, 0.5) is 0 Å². The number of hydrogen-bond acceptors (Lipinski definition) is 3. The number of aliphatic hydroxyl groups is 1. The number of unbranched alkanes of at least 4 members (excludes halogenated alkanes) is 4. The maximum atomic E-state index is 12.8. The summed E-state index contributed by atoms with van der Waals surface area (Å²) >= 11 is 0. The van der Waals surface area contributed by atoms with Gasteiger partial charge in [0.05, 0.1) is 0 Å². The Bertz CT molecular complexity index is 388. The molecule has 1 rings (SSSR count). The predicted molar refractivity (Wildman–Crippen MR) is 101 cm³/mol. The zero-order valence-electron chi connectivity index (χ0n) is 16.4. The number of aliphatic hydroxyl groups excluding tert-OH is 1. The van der Waals surface area contributed by atoms with Gasteiger partial charge in [0.25, 0.3) is 5.71 Å². The van der Waals surface area contributed by atoms with Crippen molar-refractivity contribution < 1.29 is 14.5 Å². The van der Waals surface area contributed by atoms with Gasteiger partial charge in [-0.1, -0.05) is 53.4 Å². The summed E-state index contributed by atoms with van der Waals surface area (Å²) in [6.07, 6.45) is 8.20. The van der Waals surface area contributed by atoms with Crippen molar-refractivity contribution in [3.05, 3.63) is 0 Å². The van der Waals surface area contributed by atoms with Crippen LogP contribution in [0.5, 0.6) is 0 Å². The van der Waals surface area contributed by atoms with Crippen molar-refractivity contribution in [1.82, 2.24) is 4.90 Å². The molecule has 1 aliphatic carbocycles. The third-order valence-corrected chi connectivity index (χ3v) is 5.00. The van der Waals surface area contributed by atoms with E-state index in [1.54, 1.807) is 0 Å². The Kier molecular flexibility index (Phi) is 10.4. The molecule has 1 fully saturated rings. The molecule has 0 aliphatic heterocycles. The number of carbonyl (C=O) groups excluding carboxylic acids is 1. The number of rotatable bonds is 13. The Labute approximate surface area is 148 Å². The number of ketones is 1. The maximum Gasteiger partial charge on any atom is 0.252 e. The molecule has 0 aromatic rings. The summed E-state index contributed by atoms with van der Waals surface area (Å²) in [4.78, 5) is 15.1. The van der Waals surface area contributed by atoms with Gasteiger partial charge >= 0.3 is 0 Å². The second-order valence-corrected chi connectivity index (χ2v) is 7.08. The van der Waals surface area contributed by atoms with Crippen LogP contribution in [0.15, 0.2) is 0 Å². The van der Waals surface area contributed by atoms with Crippen LogP contribution in [-0.4, -0.2) is 64.4 Å². The Morgan fingerprint density at radius 3 is 1.71 bits per heavy atom. The van der Waals surface area contributed by atoms with E-state index in [9.17, 15) is 9.90 Å². The van der Waals surface area contributed by atoms with Gasteiger partial charge in [0.15, 0.2) is 6.10 Å². The van der Waals surface area contributed by atoms with E-state index in [-0.39, 0.29) is 11.8 Å². The zero-order chi connectivity index (χ0) is 17.9. The van der Waals surface area contributed by atoms with Gasteiger partial charge in [-0.15, -0.1) is 0 Å². The monoisotopic (exact) mass is 339 g/mol. The molecule has 1 aliphatic rings. The summed E-state index contributed by atoms with van der Waals surface area (Å²) in [7, 11) is 0. The summed E-state index contributed by atoms with van der Waals surface area (Å²) < 4.78 is 2.16. The molecule has 0 aromatic carbocycles. The van der Waals surface area contributed by atoms with E-state index >= 15 is 0 Å². The van der Waals surface area contributed by atoms with Crippen molar-refractivity contribution in [2.24, 2.45) is 0 Å². The lowest BCUT2D eigenvalue weighted by Gasteiger charge is -2.39. The topological polar surface area (TPSA) is 43.5 Å². The van der Waals surface area contributed by atoms with Crippen LogP contribution in [0.1, 0.15) is 79.1 Å². The first kappa shape index (κ1) is 21.3. The van der Waals surface area contributed by atoms with Gasteiger partial charge < -0.3 is 5.11 Å². The molecule has 0 saturated heterocycles. The summed E-state index contributed by atoms with van der Waals surface area (Å²) in [5.74, 6) is 0.168. The normalized spacial score (nSPS) is 20.6. The van der Waals surface area contributed by atoms with Crippen LogP contribution in [0, 0.1) is 0 Å². The van der Waals surface area contributed by atoms with Crippen LogP contribution in [0.25, 0.3) is 0 Å². The molecule has 140 valence electrons. The highest BCUT2D eigenvalue weighted by Crippen LogP contribution is 2.22. The van der Waals surface area contributed by atoms with Crippen molar-refractivity contribution in [2.75, 3.05) is 26.2 Å². The van der Waals surface area contributed by atoms with Crippen molar-refractivity contribution in [1.29, 1.82) is 0 Å². The molecular formula is C20H39N2O2+. The van der Waals surface area contributed by atoms with E-state index in [1.165, 1.54) is 0 Å². The van der Waals surface area contributed by atoms with Crippen LogP contribution in [-0.2, 0) is 4.79 Å². The average Bonchev–Trinajstić information content (AvgIpc) is 2.59. The minimum absolute atomic E-state index is 0.168. The molecule has 0 heterocycles. The lowest BCUT2D eigenvalue weighted by Crippen LogP contribution is -2.68. The first-order chi connectivity index (χ1) is 11.6. The Hall–Kier alpha value is -0.740. The highest BCUT2D eigenvalue weighted by molar-refractivity contribution is 6.49. The molecule has 1 saturated carbocycles. The van der Waals surface area contributed by atoms with Crippen molar-refractivity contribution >= 4 is 11.5 Å². The standard InChI is InChI=1S/C20H39N2O2/c1-5-9-13-21(14-10-6-2)17-19(23)18(20(17)24)22(15-11-7-3)16-12-8-4/h17,19,23H,5-16H2,1-4H3/q+1. The van der Waals surface area contributed by atoms with Gasteiger partial charge in [-0.3, -0.25) is 9.69 Å². The largest absolute Gasteiger partial charge is 0.380 e. The molecule has 0 spiro atoms. The Balaban J connectivity index is 2.85. The van der Waals surface area contributed by atoms with Gasteiger partial charge in [-0.2, -0.15) is 0 Å². The van der Waals surface area contributed by atoms with E-state index in [0.717, 1.165) is 77.5 Å². The van der Waals surface area contributed by atoms with Gasteiger partial charge in [-0.05, 0) is 25.9 Å². The van der Waals surface area contributed by atoms with E-state index < -0.39 is 6.10 Å². The summed E-state index contributed by atoms with van der Waals surface area (Å²) in [6, 6.07) is -0.302. The van der Waals surface area contributed by atoms with Crippen LogP contribution < -0.4 is 0 Å². The molecule has 0 bridgehead atoms. The van der Waals surface area contributed by atoms with E-state index in [0.29, 0.717) is 5.71 Å². The Morgan fingerprint density at radius 2 is 1.33 bits per heavy atom. The van der Waals surface area contributed by atoms with Gasteiger partial charge in [-0.25, -0.2) is 4.58 Å². The van der Waals surface area contributed by atoms with Gasteiger partial charge in [0.2, 0.25) is 5.78 Å². The predicted octanol–water partition coefficient (Wildman–Crippen LogP) is 3.25. The molecule has 0 amide bonds. The fourth-order valence-corrected chi connectivity index (χ4v) is 3.37. The molecule has 0 radical (unpaired) electrons. The third kappa shape index (κ3) is 5.66.